The molecule has 29 heavy (non-hydrogen) atoms. The molecular formula is C21H29BN4O3. The summed E-state index contributed by atoms with van der Waals surface area (Å²) in [6.07, 6.45) is 6.67. The van der Waals surface area contributed by atoms with Crippen LogP contribution in [0.5, 0.6) is 0 Å². The molecule has 4 rings (SSSR count). The molecule has 2 aromatic rings. The van der Waals surface area contributed by atoms with E-state index in [-0.39, 0.29) is 0 Å². The van der Waals surface area contributed by atoms with E-state index < -0.39 is 11.2 Å². The molecule has 7 nitrogen and oxygen atoms in total. The summed E-state index contributed by atoms with van der Waals surface area (Å²) in [6, 6.07) is 11.3. The van der Waals surface area contributed by atoms with Crippen LogP contribution < -0.4 is 5.32 Å². The van der Waals surface area contributed by atoms with Gasteiger partial charge >= 0.3 is 94.9 Å². The number of nitrogens with zero attached hydrogens (tertiary/aromatic N) is 3. The summed E-state index contributed by atoms with van der Waals surface area (Å²) in [5.74, 6) is 0. The van der Waals surface area contributed by atoms with Gasteiger partial charge in [0.25, 0.3) is 0 Å². The fourth-order valence-electron chi connectivity index (χ4n) is 3.84. The molecule has 3 N–H and O–H groups in total. The van der Waals surface area contributed by atoms with E-state index in [9.17, 15) is 14.9 Å². The minimum Gasteiger partial charge on any atom is -0.383 e. The van der Waals surface area contributed by atoms with Crippen LogP contribution in [-0.2, 0) is 15.9 Å². The number of likely N-dealkylation sites (tertiary alicyclic amines) is 1. The second kappa shape index (κ2) is 10.2. The van der Waals surface area contributed by atoms with Crippen LogP contribution in [0.4, 0.5) is 0 Å². The SMILES string of the molecule is O=BCN1CCC(O)(c2ccccn2)CC1.OC1(c2ccccn2)CCNCC1. The first-order valence-corrected chi connectivity index (χ1v) is 10.2. The summed E-state index contributed by atoms with van der Waals surface area (Å²) >= 11 is 0. The van der Waals surface area contributed by atoms with Crippen LogP contribution in [0, 0.1) is 0 Å². The van der Waals surface area contributed by atoms with Crippen molar-refractivity contribution in [3.8, 4) is 0 Å². The molecule has 4 heterocycles. The normalized spacial score (nSPS) is 20.8. The standard InChI is InChI=1S/C11H15BN2O2.C10H14N2O/c15-11(10-3-1-2-6-13-10)4-7-14(8-5-11)9-12-16;13-10(4-7-11-8-5-10)9-3-1-2-6-12-9/h1-3,6,15H,4-5,7-9H2;1-3,6,11,13H,4-5,7-8H2. The molecule has 2 aliphatic rings. The number of piperidine rings is 2. The van der Waals surface area contributed by atoms with Crippen LogP contribution in [0.1, 0.15) is 37.1 Å². The van der Waals surface area contributed by atoms with Gasteiger partial charge in [-0.2, -0.15) is 0 Å². The van der Waals surface area contributed by atoms with Gasteiger partial charge in [-0.1, -0.05) is 6.07 Å². The number of hydrogen-bond acceptors (Lipinski definition) is 7. The molecule has 0 radical (unpaired) electrons. The zero-order valence-corrected chi connectivity index (χ0v) is 16.7. The predicted octanol–water partition coefficient (Wildman–Crippen LogP) is 1.02. The van der Waals surface area contributed by atoms with Crippen molar-refractivity contribution < 1.29 is 14.9 Å². The van der Waals surface area contributed by atoms with Gasteiger partial charge in [0.1, 0.15) is 5.60 Å². The van der Waals surface area contributed by atoms with E-state index in [1.165, 1.54) is 0 Å². The monoisotopic (exact) mass is 396 g/mol. The van der Waals surface area contributed by atoms with Crippen molar-refractivity contribution in [2.45, 2.75) is 36.9 Å². The van der Waals surface area contributed by atoms with Gasteiger partial charge in [0, 0.05) is 6.20 Å². The molecule has 0 unspecified atom stereocenters. The number of nitrogens with one attached hydrogen (secondary N) is 1. The Morgan fingerprint density at radius 1 is 0.897 bits per heavy atom. The Morgan fingerprint density at radius 2 is 1.41 bits per heavy atom. The van der Waals surface area contributed by atoms with Gasteiger partial charge < -0.3 is 10.4 Å². The molecule has 2 saturated heterocycles. The second-order valence-electron chi connectivity index (χ2n) is 7.71. The molecule has 0 spiro atoms. The molecule has 0 bridgehead atoms. The second-order valence-corrected chi connectivity index (χ2v) is 7.71. The largest absolute Gasteiger partial charge is 0.383 e. The van der Waals surface area contributed by atoms with E-state index in [1.54, 1.807) is 12.4 Å². The fourth-order valence-corrected chi connectivity index (χ4v) is 3.84. The summed E-state index contributed by atoms with van der Waals surface area (Å²) in [5, 5.41) is 23.9. The van der Waals surface area contributed by atoms with E-state index in [4.69, 9.17) is 0 Å². The van der Waals surface area contributed by atoms with E-state index in [0.29, 0.717) is 19.3 Å². The Bertz CT molecular complexity index is 749. The van der Waals surface area contributed by atoms with Crippen molar-refractivity contribution in [1.82, 2.24) is 20.2 Å². The van der Waals surface area contributed by atoms with Gasteiger partial charge in [0.2, 0.25) is 0 Å². The maximum atomic E-state index is 10.5. The van der Waals surface area contributed by atoms with Crippen molar-refractivity contribution in [2.75, 3.05) is 32.6 Å². The molecule has 2 aliphatic heterocycles. The van der Waals surface area contributed by atoms with Crippen molar-refractivity contribution in [3.05, 3.63) is 60.2 Å². The smallest absolute Gasteiger partial charge is 0.109 e. The summed E-state index contributed by atoms with van der Waals surface area (Å²) < 4.78 is 10.4. The molecule has 0 aromatic carbocycles. The Hall–Kier alpha value is -2.00. The number of hydrogen-bond donors (Lipinski definition) is 3. The maximum absolute atomic E-state index is 10.5. The van der Waals surface area contributed by atoms with Gasteiger partial charge in [-0.15, -0.1) is 0 Å². The number of rotatable bonds is 4. The summed E-state index contributed by atoms with van der Waals surface area (Å²) in [5.41, 5.74) is 0.0184. The third-order valence-electron chi connectivity index (χ3n) is 5.73. The van der Waals surface area contributed by atoms with Crippen LogP contribution in [0.25, 0.3) is 0 Å². The topological polar surface area (TPSA) is 98.6 Å². The van der Waals surface area contributed by atoms with Crippen molar-refractivity contribution >= 4 is 7.15 Å². The van der Waals surface area contributed by atoms with Crippen molar-refractivity contribution in [1.29, 1.82) is 0 Å². The Morgan fingerprint density at radius 3 is 1.86 bits per heavy atom. The van der Waals surface area contributed by atoms with Crippen LogP contribution in [0.15, 0.2) is 48.8 Å². The zero-order valence-electron chi connectivity index (χ0n) is 16.7. The molecule has 2 fully saturated rings. The molecule has 0 atom stereocenters. The molecule has 0 amide bonds. The summed E-state index contributed by atoms with van der Waals surface area (Å²) in [7, 11) is 0.908. The molecular weight excluding hydrogens is 367 g/mol. The zero-order chi connectivity index (χ0) is 20.6. The first-order valence-electron chi connectivity index (χ1n) is 10.2. The van der Waals surface area contributed by atoms with Gasteiger partial charge in [-0.25, -0.2) is 0 Å². The van der Waals surface area contributed by atoms with Gasteiger partial charge in [0.15, 0.2) is 0 Å². The Labute approximate surface area is 172 Å². The van der Waals surface area contributed by atoms with Gasteiger partial charge in [0.05, 0.1) is 5.69 Å². The van der Waals surface area contributed by atoms with Crippen LogP contribution in [0.2, 0.25) is 0 Å². The average Bonchev–Trinajstić information content (AvgIpc) is 2.78. The van der Waals surface area contributed by atoms with Crippen molar-refractivity contribution in [2.24, 2.45) is 0 Å². The van der Waals surface area contributed by atoms with Crippen LogP contribution in [0.3, 0.4) is 0 Å². The van der Waals surface area contributed by atoms with Crippen LogP contribution in [-0.4, -0.2) is 64.9 Å². The summed E-state index contributed by atoms with van der Waals surface area (Å²) in [6.45, 7) is 3.22. The van der Waals surface area contributed by atoms with Crippen molar-refractivity contribution in [3.63, 3.8) is 0 Å². The average molecular weight is 396 g/mol. The van der Waals surface area contributed by atoms with E-state index in [2.05, 4.69) is 15.3 Å². The quantitative estimate of drug-likeness (QED) is 0.664. The molecule has 154 valence electrons. The molecule has 2 aromatic heterocycles. The van der Waals surface area contributed by atoms with Gasteiger partial charge in [-0.05, 0) is 38.1 Å². The first-order chi connectivity index (χ1) is 14.1. The Kier molecular flexibility index (Phi) is 7.60. The first kappa shape index (κ1) is 21.7. The third-order valence-corrected chi connectivity index (χ3v) is 5.73. The number of pyridine rings is 2. The predicted molar refractivity (Wildman–Crippen MR) is 110 cm³/mol. The molecule has 0 saturated carbocycles. The third kappa shape index (κ3) is 5.76. The Balaban J connectivity index is 0.000000169. The maximum Gasteiger partial charge on any atom is 0.109 e. The minimum absolute atomic E-state index is 0.457. The minimum atomic E-state index is -0.819. The van der Waals surface area contributed by atoms with Gasteiger partial charge in [-0.3, -0.25) is 4.98 Å². The van der Waals surface area contributed by atoms with E-state index in [0.717, 1.165) is 57.6 Å². The number of aliphatic hydroxyl groups is 2. The molecule has 8 heteroatoms. The fraction of sp³-hybridized carbons (Fsp3) is 0.524. The van der Waals surface area contributed by atoms with E-state index >= 15 is 0 Å². The number of aromatic nitrogens is 2. The van der Waals surface area contributed by atoms with Crippen LogP contribution >= 0.6 is 0 Å². The summed E-state index contributed by atoms with van der Waals surface area (Å²) in [4.78, 5) is 10.4. The van der Waals surface area contributed by atoms with E-state index in [1.807, 2.05) is 41.3 Å². The molecule has 0 aliphatic carbocycles.